The summed E-state index contributed by atoms with van der Waals surface area (Å²) in [4.78, 5) is 14.6. The number of piperidine rings is 1. The van der Waals surface area contributed by atoms with Crippen LogP contribution >= 0.6 is 24.8 Å². The van der Waals surface area contributed by atoms with Gasteiger partial charge in [0.1, 0.15) is 5.75 Å². The van der Waals surface area contributed by atoms with Crippen LogP contribution in [0.2, 0.25) is 0 Å². The van der Waals surface area contributed by atoms with Gasteiger partial charge in [0, 0.05) is 24.8 Å². The summed E-state index contributed by atoms with van der Waals surface area (Å²) in [5.74, 6) is 0.967. The maximum atomic E-state index is 12.2. The summed E-state index contributed by atoms with van der Waals surface area (Å²) in [6.45, 7) is 1.82. The largest absolute Gasteiger partial charge is 0.495 e. The van der Waals surface area contributed by atoms with Gasteiger partial charge in [-0.05, 0) is 42.7 Å². The molecule has 3 rings (SSSR count). The minimum absolute atomic E-state index is 0. The van der Waals surface area contributed by atoms with Crippen LogP contribution in [0.3, 0.4) is 0 Å². The molecular weight excluding hydrogens is 385 g/mol. The number of carbonyl (C=O) groups is 1. The molecule has 0 aromatic heterocycles. The van der Waals surface area contributed by atoms with Crippen LogP contribution in [0, 0.1) is 0 Å². The van der Waals surface area contributed by atoms with Crippen molar-refractivity contribution < 1.29 is 9.53 Å². The predicted octanol–water partition coefficient (Wildman–Crippen LogP) is 3.45. The number of amides is 1. The van der Waals surface area contributed by atoms with Gasteiger partial charge in [-0.3, -0.25) is 4.79 Å². The molecule has 1 fully saturated rings. The van der Waals surface area contributed by atoms with Gasteiger partial charge in [0.05, 0.1) is 19.2 Å². The molecule has 0 spiro atoms. The molecular formula is C20H27Cl2N3O2. The van der Waals surface area contributed by atoms with Gasteiger partial charge < -0.3 is 20.7 Å². The van der Waals surface area contributed by atoms with Crippen LogP contribution in [-0.4, -0.2) is 32.1 Å². The van der Waals surface area contributed by atoms with Crippen molar-refractivity contribution in [3.8, 4) is 5.75 Å². The number of nitrogens with two attached hydrogens (primary N) is 1. The van der Waals surface area contributed by atoms with Gasteiger partial charge in [-0.25, -0.2) is 0 Å². The Hall–Kier alpha value is -2.11. The van der Waals surface area contributed by atoms with E-state index in [2.05, 4.69) is 16.3 Å². The van der Waals surface area contributed by atoms with Crippen molar-refractivity contribution in [2.45, 2.75) is 25.3 Å². The lowest BCUT2D eigenvalue weighted by Gasteiger charge is -2.34. The second kappa shape index (κ2) is 10.9. The number of methoxy groups -OCH3 is 1. The quantitative estimate of drug-likeness (QED) is 0.739. The first kappa shape index (κ1) is 22.9. The summed E-state index contributed by atoms with van der Waals surface area (Å²) in [5, 5.41) is 3.15. The number of nitrogens with zero attached hydrogens (tertiary/aromatic N) is 1. The highest BCUT2D eigenvalue weighted by Gasteiger charge is 2.22. The van der Waals surface area contributed by atoms with Crippen LogP contribution in [-0.2, 0) is 11.2 Å². The van der Waals surface area contributed by atoms with Gasteiger partial charge >= 0.3 is 0 Å². The van der Waals surface area contributed by atoms with E-state index in [1.165, 1.54) is 0 Å². The first-order valence-electron chi connectivity index (χ1n) is 8.67. The SMILES string of the molecule is COc1ccccc1N1CCC(NC(=O)Cc2ccc(N)cc2)CC1.Cl.Cl. The molecule has 0 saturated carbocycles. The van der Waals surface area contributed by atoms with Gasteiger partial charge in [-0.1, -0.05) is 24.3 Å². The Labute approximate surface area is 173 Å². The molecule has 1 amide bonds. The molecule has 1 heterocycles. The molecule has 1 saturated heterocycles. The molecule has 0 radical (unpaired) electrons. The van der Waals surface area contributed by atoms with E-state index in [0.29, 0.717) is 12.1 Å². The highest BCUT2D eigenvalue weighted by atomic mass is 35.5. The van der Waals surface area contributed by atoms with Gasteiger partial charge in [0.15, 0.2) is 0 Å². The molecule has 2 aromatic rings. The van der Waals surface area contributed by atoms with E-state index in [0.717, 1.165) is 42.9 Å². The summed E-state index contributed by atoms with van der Waals surface area (Å²) in [6.07, 6.45) is 2.27. The van der Waals surface area contributed by atoms with Gasteiger partial charge in [0.2, 0.25) is 5.91 Å². The fourth-order valence-corrected chi connectivity index (χ4v) is 3.26. The Kier molecular flexibility index (Phi) is 9.26. The third-order valence-electron chi connectivity index (χ3n) is 4.63. The van der Waals surface area contributed by atoms with E-state index >= 15 is 0 Å². The molecule has 1 aliphatic heterocycles. The Morgan fingerprint density at radius 2 is 1.74 bits per heavy atom. The van der Waals surface area contributed by atoms with E-state index in [-0.39, 0.29) is 36.8 Å². The van der Waals surface area contributed by atoms with E-state index in [4.69, 9.17) is 10.5 Å². The molecule has 1 aliphatic rings. The number of ether oxygens (including phenoxy) is 1. The fourth-order valence-electron chi connectivity index (χ4n) is 3.26. The predicted molar refractivity (Wildman–Crippen MR) is 115 cm³/mol. The normalized spacial score (nSPS) is 13.9. The van der Waals surface area contributed by atoms with Crippen LogP contribution in [0.4, 0.5) is 11.4 Å². The first-order valence-corrected chi connectivity index (χ1v) is 8.67. The number of carbonyl (C=O) groups excluding carboxylic acids is 1. The molecule has 2 aromatic carbocycles. The van der Waals surface area contributed by atoms with Gasteiger partial charge in [-0.2, -0.15) is 0 Å². The lowest BCUT2D eigenvalue weighted by atomic mass is 10.0. The number of para-hydroxylation sites is 2. The van der Waals surface area contributed by atoms with Gasteiger partial charge in [0.25, 0.3) is 0 Å². The summed E-state index contributed by atoms with van der Waals surface area (Å²) >= 11 is 0. The number of nitrogen functional groups attached to an aromatic ring is 1. The smallest absolute Gasteiger partial charge is 0.224 e. The molecule has 0 bridgehead atoms. The fraction of sp³-hybridized carbons (Fsp3) is 0.350. The lowest BCUT2D eigenvalue weighted by Crippen LogP contribution is -2.45. The van der Waals surface area contributed by atoms with Crippen molar-refractivity contribution in [1.82, 2.24) is 5.32 Å². The number of hydrogen-bond donors (Lipinski definition) is 2. The Bertz CT molecular complexity index is 717. The van der Waals surface area contributed by atoms with Crippen LogP contribution in [0.25, 0.3) is 0 Å². The molecule has 5 nitrogen and oxygen atoms in total. The van der Waals surface area contributed by atoms with Crippen molar-refractivity contribution in [2.24, 2.45) is 0 Å². The van der Waals surface area contributed by atoms with Crippen molar-refractivity contribution in [3.63, 3.8) is 0 Å². The highest BCUT2D eigenvalue weighted by molar-refractivity contribution is 5.85. The lowest BCUT2D eigenvalue weighted by molar-refractivity contribution is -0.121. The molecule has 0 unspecified atom stereocenters. The summed E-state index contributed by atoms with van der Waals surface area (Å²) < 4.78 is 5.44. The van der Waals surface area contributed by atoms with Crippen LogP contribution < -0.4 is 20.7 Å². The van der Waals surface area contributed by atoms with E-state index < -0.39 is 0 Å². The second-order valence-electron chi connectivity index (χ2n) is 6.42. The zero-order valence-electron chi connectivity index (χ0n) is 15.4. The number of anilines is 2. The van der Waals surface area contributed by atoms with E-state index in [1.807, 2.05) is 42.5 Å². The van der Waals surface area contributed by atoms with E-state index in [1.54, 1.807) is 7.11 Å². The van der Waals surface area contributed by atoms with Crippen molar-refractivity contribution in [1.29, 1.82) is 0 Å². The summed E-state index contributed by atoms with van der Waals surface area (Å²) in [5.41, 5.74) is 8.50. The Morgan fingerprint density at radius 3 is 2.37 bits per heavy atom. The molecule has 3 N–H and O–H groups in total. The molecule has 148 valence electrons. The third-order valence-corrected chi connectivity index (χ3v) is 4.63. The molecule has 0 aliphatic carbocycles. The number of hydrogen-bond acceptors (Lipinski definition) is 4. The minimum atomic E-state index is 0. The van der Waals surface area contributed by atoms with Gasteiger partial charge in [-0.15, -0.1) is 24.8 Å². The summed E-state index contributed by atoms with van der Waals surface area (Å²) in [7, 11) is 1.70. The topological polar surface area (TPSA) is 67.6 Å². The highest BCUT2D eigenvalue weighted by Crippen LogP contribution is 2.29. The maximum Gasteiger partial charge on any atom is 0.224 e. The van der Waals surface area contributed by atoms with E-state index in [9.17, 15) is 4.79 Å². The number of halogens is 2. The van der Waals surface area contributed by atoms with Crippen LogP contribution in [0.5, 0.6) is 5.75 Å². The molecule has 0 atom stereocenters. The number of rotatable bonds is 5. The average molecular weight is 412 g/mol. The standard InChI is InChI=1S/C20H25N3O2.2ClH/c1-25-19-5-3-2-4-18(19)23-12-10-17(11-13-23)22-20(24)14-15-6-8-16(21)9-7-15;;/h2-9,17H,10-14,21H2,1H3,(H,22,24);2*1H. The first-order chi connectivity index (χ1) is 12.2. The van der Waals surface area contributed by atoms with Crippen LogP contribution in [0.1, 0.15) is 18.4 Å². The Morgan fingerprint density at radius 1 is 1.11 bits per heavy atom. The minimum Gasteiger partial charge on any atom is -0.495 e. The monoisotopic (exact) mass is 411 g/mol. The summed E-state index contributed by atoms with van der Waals surface area (Å²) in [6, 6.07) is 15.8. The molecule has 7 heteroatoms. The number of benzene rings is 2. The molecule has 27 heavy (non-hydrogen) atoms. The second-order valence-corrected chi connectivity index (χ2v) is 6.42. The van der Waals surface area contributed by atoms with Crippen LogP contribution in [0.15, 0.2) is 48.5 Å². The number of nitrogens with one attached hydrogen (secondary N) is 1. The average Bonchev–Trinajstić information content (AvgIpc) is 2.64. The Balaban J connectivity index is 0.00000182. The van der Waals surface area contributed by atoms with Crippen molar-refractivity contribution >= 4 is 42.1 Å². The third kappa shape index (κ3) is 6.22. The van der Waals surface area contributed by atoms with Crippen molar-refractivity contribution in [3.05, 3.63) is 54.1 Å². The maximum absolute atomic E-state index is 12.2. The van der Waals surface area contributed by atoms with Crippen molar-refractivity contribution in [2.75, 3.05) is 30.8 Å². The zero-order valence-corrected chi connectivity index (χ0v) is 17.0. The zero-order chi connectivity index (χ0) is 17.6.